The largest absolute Gasteiger partial charge is 0.377 e. The van der Waals surface area contributed by atoms with Gasteiger partial charge in [-0.3, -0.25) is 9.69 Å². The van der Waals surface area contributed by atoms with Crippen molar-refractivity contribution in [2.75, 3.05) is 25.0 Å². The number of para-hydroxylation sites is 1. The zero-order valence-electron chi connectivity index (χ0n) is 12.8. The summed E-state index contributed by atoms with van der Waals surface area (Å²) in [6, 6.07) is 7.47. The zero-order valence-corrected chi connectivity index (χ0v) is 12.8. The van der Waals surface area contributed by atoms with E-state index in [-0.39, 0.29) is 18.1 Å². The molecule has 1 aromatic rings. The minimum absolute atomic E-state index is 0.00463. The molecule has 1 aliphatic rings. The highest BCUT2D eigenvalue weighted by atomic mass is 16.5. The molecule has 2 atom stereocenters. The van der Waals surface area contributed by atoms with Gasteiger partial charge in [0, 0.05) is 31.9 Å². The van der Waals surface area contributed by atoms with Crippen molar-refractivity contribution in [3.8, 4) is 0 Å². The Morgan fingerprint density at radius 3 is 3.05 bits per heavy atom. The number of anilines is 1. The quantitative estimate of drug-likeness (QED) is 0.884. The first-order valence-electron chi connectivity index (χ1n) is 7.56. The van der Waals surface area contributed by atoms with E-state index in [0.29, 0.717) is 6.54 Å². The Morgan fingerprint density at radius 2 is 2.29 bits per heavy atom. The second kappa shape index (κ2) is 7.54. The van der Waals surface area contributed by atoms with Crippen LogP contribution in [0.2, 0.25) is 0 Å². The molecule has 0 saturated carbocycles. The van der Waals surface area contributed by atoms with E-state index in [1.165, 1.54) is 0 Å². The summed E-state index contributed by atoms with van der Waals surface area (Å²) in [5.74, 6) is 0.00463. The third kappa shape index (κ3) is 4.27. The van der Waals surface area contributed by atoms with Crippen molar-refractivity contribution in [3.05, 3.63) is 29.8 Å². The predicted molar refractivity (Wildman–Crippen MR) is 84.0 cm³/mol. The van der Waals surface area contributed by atoms with Gasteiger partial charge in [0.15, 0.2) is 0 Å². The fourth-order valence-corrected chi connectivity index (χ4v) is 2.60. The maximum atomic E-state index is 12.5. The Balaban J connectivity index is 2.01. The van der Waals surface area contributed by atoms with Crippen LogP contribution >= 0.6 is 0 Å². The van der Waals surface area contributed by atoms with Crippen molar-refractivity contribution in [2.45, 2.75) is 39.0 Å². The third-order valence-electron chi connectivity index (χ3n) is 3.91. The Labute approximate surface area is 126 Å². The second-order valence-electron chi connectivity index (χ2n) is 5.56. The molecule has 1 saturated heterocycles. The number of nitrogens with one attached hydrogen (secondary N) is 1. The Morgan fingerprint density at radius 1 is 1.52 bits per heavy atom. The SMILES string of the molecule is CC1CN(C(C)C(=O)Nc2ccccc2CN)CCCO1. The van der Waals surface area contributed by atoms with Gasteiger partial charge in [-0.2, -0.15) is 0 Å². The molecule has 1 amide bonds. The number of hydrogen-bond acceptors (Lipinski definition) is 4. The molecule has 0 bridgehead atoms. The van der Waals surface area contributed by atoms with Gasteiger partial charge in [0.1, 0.15) is 0 Å². The summed E-state index contributed by atoms with van der Waals surface area (Å²) in [4.78, 5) is 14.6. The molecule has 5 nitrogen and oxygen atoms in total. The summed E-state index contributed by atoms with van der Waals surface area (Å²) < 4.78 is 5.63. The van der Waals surface area contributed by atoms with Crippen LogP contribution in [0.4, 0.5) is 5.69 Å². The van der Waals surface area contributed by atoms with Crippen LogP contribution in [0.25, 0.3) is 0 Å². The van der Waals surface area contributed by atoms with Crippen molar-refractivity contribution in [1.29, 1.82) is 0 Å². The van der Waals surface area contributed by atoms with Gasteiger partial charge in [0.25, 0.3) is 0 Å². The maximum Gasteiger partial charge on any atom is 0.241 e. The van der Waals surface area contributed by atoms with Crippen molar-refractivity contribution in [1.82, 2.24) is 4.90 Å². The number of carbonyl (C=O) groups excluding carboxylic acids is 1. The van der Waals surface area contributed by atoms with Gasteiger partial charge in [-0.05, 0) is 31.9 Å². The molecule has 0 aromatic heterocycles. The molecule has 2 rings (SSSR count). The van der Waals surface area contributed by atoms with Crippen LogP contribution in [-0.4, -0.2) is 42.6 Å². The van der Waals surface area contributed by atoms with Gasteiger partial charge in [-0.15, -0.1) is 0 Å². The van der Waals surface area contributed by atoms with Crippen LogP contribution in [-0.2, 0) is 16.1 Å². The average molecular weight is 291 g/mol. The zero-order chi connectivity index (χ0) is 15.2. The number of benzene rings is 1. The van der Waals surface area contributed by atoms with E-state index in [1.807, 2.05) is 38.1 Å². The Kier molecular flexibility index (Phi) is 5.73. The molecule has 2 unspecified atom stereocenters. The number of ether oxygens (including phenoxy) is 1. The molecular weight excluding hydrogens is 266 g/mol. The number of nitrogens with zero attached hydrogens (tertiary/aromatic N) is 1. The van der Waals surface area contributed by atoms with Crippen LogP contribution in [0.15, 0.2) is 24.3 Å². The van der Waals surface area contributed by atoms with E-state index in [2.05, 4.69) is 10.2 Å². The van der Waals surface area contributed by atoms with Gasteiger partial charge in [-0.25, -0.2) is 0 Å². The van der Waals surface area contributed by atoms with Crippen LogP contribution in [0, 0.1) is 0 Å². The lowest BCUT2D eigenvalue weighted by Gasteiger charge is -2.28. The van der Waals surface area contributed by atoms with Crippen molar-refractivity contribution in [2.24, 2.45) is 5.73 Å². The fourth-order valence-electron chi connectivity index (χ4n) is 2.60. The standard InChI is InChI=1S/C16H25N3O2/c1-12-11-19(8-5-9-21-12)13(2)16(20)18-15-7-4-3-6-14(15)10-17/h3-4,6-7,12-13H,5,8-11,17H2,1-2H3,(H,18,20). The second-order valence-corrected chi connectivity index (χ2v) is 5.56. The minimum atomic E-state index is -0.181. The normalized spacial score (nSPS) is 21.6. The summed E-state index contributed by atoms with van der Waals surface area (Å²) in [7, 11) is 0. The maximum absolute atomic E-state index is 12.5. The van der Waals surface area contributed by atoms with Gasteiger partial charge in [0.05, 0.1) is 12.1 Å². The average Bonchev–Trinajstić information content (AvgIpc) is 2.71. The van der Waals surface area contributed by atoms with Crippen LogP contribution in [0.3, 0.4) is 0 Å². The summed E-state index contributed by atoms with van der Waals surface area (Å²) >= 11 is 0. The minimum Gasteiger partial charge on any atom is -0.377 e. The van der Waals surface area contributed by atoms with Gasteiger partial charge >= 0.3 is 0 Å². The molecule has 5 heteroatoms. The summed E-state index contributed by atoms with van der Waals surface area (Å²) in [5, 5.41) is 2.99. The summed E-state index contributed by atoms with van der Waals surface area (Å²) in [5.41, 5.74) is 7.46. The van der Waals surface area contributed by atoms with Crippen molar-refractivity contribution < 1.29 is 9.53 Å². The number of hydrogen-bond donors (Lipinski definition) is 2. The Bertz CT molecular complexity index is 478. The molecular formula is C16H25N3O2. The number of rotatable bonds is 4. The van der Waals surface area contributed by atoms with Gasteiger partial charge in [0.2, 0.25) is 5.91 Å². The van der Waals surface area contributed by atoms with Crippen LogP contribution < -0.4 is 11.1 Å². The molecule has 116 valence electrons. The van der Waals surface area contributed by atoms with E-state index in [1.54, 1.807) is 0 Å². The molecule has 1 fully saturated rings. The monoisotopic (exact) mass is 291 g/mol. The highest BCUT2D eigenvalue weighted by Gasteiger charge is 2.25. The highest BCUT2D eigenvalue weighted by Crippen LogP contribution is 2.16. The summed E-state index contributed by atoms with van der Waals surface area (Å²) in [6.07, 6.45) is 1.13. The van der Waals surface area contributed by atoms with E-state index in [4.69, 9.17) is 10.5 Å². The van der Waals surface area contributed by atoms with Gasteiger partial charge < -0.3 is 15.8 Å². The number of nitrogens with two attached hydrogens (primary N) is 1. The molecule has 1 aromatic carbocycles. The molecule has 0 spiro atoms. The number of carbonyl (C=O) groups is 1. The predicted octanol–water partition coefficient (Wildman–Crippen LogP) is 1.58. The summed E-state index contributed by atoms with van der Waals surface area (Å²) in [6.45, 7) is 6.84. The van der Waals surface area contributed by atoms with E-state index in [0.717, 1.165) is 37.4 Å². The lowest BCUT2D eigenvalue weighted by molar-refractivity contribution is -0.121. The van der Waals surface area contributed by atoms with E-state index < -0.39 is 0 Å². The van der Waals surface area contributed by atoms with Crippen LogP contribution in [0.1, 0.15) is 25.8 Å². The van der Waals surface area contributed by atoms with E-state index in [9.17, 15) is 4.79 Å². The third-order valence-corrected chi connectivity index (χ3v) is 3.91. The van der Waals surface area contributed by atoms with Crippen molar-refractivity contribution in [3.63, 3.8) is 0 Å². The molecule has 1 aliphatic heterocycles. The highest BCUT2D eigenvalue weighted by molar-refractivity contribution is 5.95. The molecule has 21 heavy (non-hydrogen) atoms. The number of amides is 1. The Hall–Kier alpha value is -1.43. The first-order chi connectivity index (χ1) is 10.1. The first kappa shape index (κ1) is 15.9. The van der Waals surface area contributed by atoms with E-state index >= 15 is 0 Å². The van der Waals surface area contributed by atoms with Gasteiger partial charge in [-0.1, -0.05) is 18.2 Å². The van der Waals surface area contributed by atoms with Crippen LogP contribution in [0.5, 0.6) is 0 Å². The lowest BCUT2D eigenvalue weighted by Crippen LogP contribution is -2.44. The topological polar surface area (TPSA) is 67.6 Å². The smallest absolute Gasteiger partial charge is 0.241 e. The first-order valence-corrected chi connectivity index (χ1v) is 7.56. The molecule has 3 N–H and O–H groups in total. The molecule has 1 heterocycles. The van der Waals surface area contributed by atoms with Crippen molar-refractivity contribution >= 4 is 11.6 Å². The lowest BCUT2D eigenvalue weighted by atomic mass is 10.1. The fraction of sp³-hybridized carbons (Fsp3) is 0.562. The molecule has 0 aliphatic carbocycles. The molecule has 0 radical (unpaired) electrons.